The standard InChI is InChI=1S/C14H9.C7H6F.3C7H10NO.C7H5O2.3K/c1-2-6-12-10-14-8-4-3-7-13(14)9-11(12)5-1;1-6-3-2-4-7(8)5-6;3*1-7(2,3)6-4-5-8-9-6;1-2-4-7-6(3-1)8-5-9-7;;;/h1-3,5-10H;2-3,5H,1H3;3*4H,1-3H3;1,3-4H,5H2;;;/q6*-1;3*+1. The van der Waals surface area contributed by atoms with E-state index in [1.165, 1.54) is 27.6 Å². The van der Waals surface area contributed by atoms with Crippen molar-refractivity contribution in [1.29, 1.82) is 0 Å². The first-order valence-corrected chi connectivity index (χ1v) is 18.7. The second-order valence-electron chi connectivity index (χ2n) is 16.2. The average Bonchev–Trinajstić information content (AvgIpc) is 4.02. The van der Waals surface area contributed by atoms with Crippen molar-refractivity contribution in [2.24, 2.45) is 0 Å². The van der Waals surface area contributed by atoms with E-state index in [0.29, 0.717) is 6.79 Å². The van der Waals surface area contributed by atoms with E-state index in [1.807, 2.05) is 31.2 Å². The van der Waals surface area contributed by atoms with Crippen molar-refractivity contribution in [3.05, 3.63) is 175 Å². The van der Waals surface area contributed by atoms with Crippen LogP contribution in [0.2, 0.25) is 0 Å². The van der Waals surface area contributed by atoms with Crippen LogP contribution in [0.3, 0.4) is 0 Å². The van der Waals surface area contributed by atoms with Crippen molar-refractivity contribution in [2.75, 3.05) is 6.79 Å². The summed E-state index contributed by atoms with van der Waals surface area (Å²) >= 11 is 0. The Bertz CT molecular complexity index is 2120. The number of hydrogen-bond acceptors (Lipinski definition) is 8. The van der Waals surface area contributed by atoms with Crippen molar-refractivity contribution >= 4 is 21.5 Å². The third-order valence-corrected chi connectivity index (χ3v) is 8.08. The molecule has 0 aliphatic carbocycles. The molecule has 61 heavy (non-hydrogen) atoms. The van der Waals surface area contributed by atoms with Gasteiger partial charge in [-0.2, -0.15) is 72.3 Å². The molecule has 8 nitrogen and oxygen atoms in total. The number of ether oxygens (including phenoxy) is 2. The van der Waals surface area contributed by atoms with E-state index in [9.17, 15) is 4.39 Å². The summed E-state index contributed by atoms with van der Waals surface area (Å²) in [6, 6.07) is 42.9. The summed E-state index contributed by atoms with van der Waals surface area (Å²) in [5.74, 6) is 3.95. The van der Waals surface area contributed by atoms with Gasteiger partial charge in [-0.05, 0) is 44.3 Å². The fraction of sp³-hybridized carbons (Fsp3) is 0.286. The van der Waals surface area contributed by atoms with E-state index in [0.717, 1.165) is 34.3 Å². The maximum absolute atomic E-state index is 12.1. The summed E-state index contributed by atoms with van der Waals surface area (Å²) in [5, 5.41) is 15.6. The largest absolute Gasteiger partial charge is 1.00 e. The molecule has 0 N–H and O–H groups in total. The van der Waals surface area contributed by atoms with Crippen LogP contribution < -0.4 is 164 Å². The minimum atomic E-state index is -0.287. The minimum Gasteiger partial charge on any atom is -0.516 e. The molecule has 0 atom stereocenters. The predicted octanol–water partition coefficient (Wildman–Crippen LogP) is 3.27. The molecular formula is C49H50FK3N3O5-3. The zero-order valence-electron chi connectivity index (χ0n) is 37.9. The van der Waals surface area contributed by atoms with Crippen LogP contribution in [0.4, 0.5) is 4.39 Å². The quantitative estimate of drug-likeness (QED) is 0.130. The smallest absolute Gasteiger partial charge is 0.516 e. The monoisotopic (exact) mass is 896 g/mol. The van der Waals surface area contributed by atoms with Crippen LogP contribution in [0.1, 0.15) is 85.2 Å². The van der Waals surface area contributed by atoms with Gasteiger partial charge in [-0.1, -0.05) is 99.6 Å². The molecule has 8 aromatic rings. The topological polar surface area (TPSA) is 96.6 Å². The van der Waals surface area contributed by atoms with Gasteiger partial charge < -0.3 is 23.0 Å². The van der Waals surface area contributed by atoms with Crippen molar-refractivity contribution < 1.29 is 182 Å². The van der Waals surface area contributed by atoms with Crippen molar-refractivity contribution in [3.63, 3.8) is 0 Å². The summed E-state index contributed by atoms with van der Waals surface area (Å²) in [6.45, 7) is 20.8. The maximum Gasteiger partial charge on any atom is 1.00 e. The fourth-order valence-electron chi connectivity index (χ4n) is 4.77. The molecule has 0 unspecified atom stereocenters. The number of halogens is 1. The molecule has 0 radical (unpaired) electrons. The van der Waals surface area contributed by atoms with Gasteiger partial charge in [0.15, 0.2) is 0 Å². The van der Waals surface area contributed by atoms with Gasteiger partial charge in [0.1, 0.15) is 0 Å². The number of aromatic nitrogens is 3. The van der Waals surface area contributed by atoms with E-state index >= 15 is 0 Å². The van der Waals surface area contributed by atoms with Crippen LogP contribution in [0.5, 0.6) is 11.5 Å². The van der Waals surface area contributed by atoms with Crippen molar-refractivity contribution in [1.82, 2.24) is 15.5 Å². The number of nitrogens with zero attached hydrogens (tertiary/aromatic N) is 3. The zero-order chi connectivity index (χ0) is 42.2. The Morgan fingerprint density at radius 1 is 0.508 bits per heavy atom. The van der Waals surface area contributed by atoms with Gasteiger partial charge in [0.05, 0.1) is 11.5 Å². The van der Waals surface area contributed by atoms with Crippen LogP contribution in [0, 0.1) is 49.5 Å². The molecule has 0 amide bonds. The fourth-order valence-corrected chi connectivity index (χ4v) is 4.77. The molecule has 0 saturated heterocycles. The second kappa shape index (κ2) is 28.6. The first kappa shape index (κ1) is 57.7. The van der Waals surface area contributed by atoms with Crippen LogP contribution in [-0.2, 0) is 16.2 Å². The summed E-state index contributed by atoms with van der Waals surface area (Å²) in [7, 11) is 0. The van der Waals surface area contributed by atoms with Gasteiger partial charge in [-0.3, -0.25) is 0 Å². The average molecular weight is 897 g/mol. The van der Waals surface area contributed by atoms with Gasteiger partial charge in [0.2, 0.25) is 6.79 Å². The van der Waals surface area contributed by atoms with Gasteiger partial charge in [0.25, 0.3) is 0 Å². The normalized spacial score (nSPS) is 11.0. The van der Waals surface area contributed by atoms with Gasteiger partial charge >= 0.3 is 154 Å². The summed E-state index contributed by atoms with van der Waals surface area (Å²) in [4.78, 5) is 0. The zero-order valence-corrected chi connectivity index (χ0v) is 47.2. The molecule has 3 aromatic heterocycles. The van der Waals surface area contributed by atoms with Crippen LogP contribution in [0.25, 0.3) is 21.5 Å². The predicted molar refractivity (Wildman–Crippen MR) is 224 cm³/mol. The van der Waals surface area contributed by atoms with Gasteiger partial charge in [-0.25, -0.2) is 19.9 Å². The van der Waals surface area contributed by atoms with E-state index in [4.69, 9.17) is 23.0 Å². The minimum absolute atomic E-state index is 0. The number of hydrogen-bond donors (Lipinski definition) is 0. The Kier molecular flexibility index (Phi) is 27.0. The van der Waals surface area contributed by atoms with Gasteiger partial charge in [0, 0.05) is 5.82 Å². The molecule has 9 rings (SSSR count). The maximum atomic E-state index is 12.1. The molecular weight excluding hydrogens is 847 g/mol. The molecule has 1 aliphatic rings. The van der Waals surface area contributed by atoms with Crippen molar-refractivity contribution in [2.45, 2.75) is 85.5 Å². The SMILES string of the molecule is CC(C)(C)c1c[c-]no1.CC(C)(C)c1c[c-]no1.CC(C)(C)c1c[c-]no1.Cc1cc[c-]c(F)c1.[K+].[K+].[K+].[c-]1ccc2c(c1)OCO2.[c-]1ccc2cc3ccccc3cc2c1. The molecule has 5 aromatic carbocycles. The Balaban J connectivity index is 0.000000367. The van der Waals surface area contributed by atoms with Crippen LogP contribution in [-0.4, -0.2) is 22.3 Å². The van der Waals surface area contributed by atoms with Gasteiger partial charge in [-0.15, -0.1) is 59.7 Å². The number of fused-ring (bicyclic) bond motifs is 3. The van der Waals surface area contributed by atoms with Crippen molar-refractivity contribution in [3.8, 4) is 11.5 Å². The number of aryl methyl sites for hydroxylation is 1. The molecule has 1 aliphatic heterocycles. The Labute approximate surface area is 488 Å². The van der Waals surface area contributed by atoms with E-state index < -0.39 is 0 Å². The first-order valence-electron chi connectivity index (χ1n) is 18.7. The number of rotatable bonds is 0. The van der Waals surface area contributed by atoms with E-state index in [1.54, 1.807) is 36.4 Å². The molecule has 304 valence electrons. The number of benzene rings is 5. The molecule has 4 heterocycles. The van der Waals surface area contributed by atoms with E-state index in [-0.39, 0.29) is 176 Å². The molecule has 0 fully saturated rings. The Morgan fingerprint density at radius 2 is 0.951 bits per heavy atom. The summed E-state index contributed by atoms with van der Waals surface area (Å²) in [5.41, 5.74) is 1.12. The molecule has 0 spiro atoms. The van der Waals surface area contributed by atoms with Crippen LogP contribution in [0.15, 0.2) is 123 Å². The molecule has 12 heteroatoms. The summed E-state index contributed by atoms with van der Waals surface area (Å²) in [6.07, 6.45) is 7.86. The molecule has 0 saturated carbocycles. The third-order valence-electron chi connectivity index (χ3n) is 8.08. The Morgan fingerprint density at radius 3 is 1.34 bits per heavy atom. The van der Waals surface area contributed by atoms with E-state index in [2.05, 4.69) is 157 Å². The summed E-state index contributed by atoms with van der Waals surface area (Å²) < 4.78 is 36.9. The first-order chi connectivity index (χ1) is 27.5. The molecule has 0 bridgehead atoms. The van der Waals surface area contributed by atoms with Crippen LogP contribution >= 0.6 is 0 Å². The Hall–Kier alpha value is -1.31. The second-order valence-corrected chi connectivity index (χ2v) is 16.2. The third kappa shape index (κ3) is 21.0.